The number of carbonyl (C=O) groups is 1. The van der Waals surface area contributed by atoms with E-state index in [2.05, 4.69) is 20.5 Å². The van der Waals surface area contributed by atoms with Crippen LogP contribution in [0.15, 0.2) is 53.3 Å². The van der Waals surface area contributed by atoms with E-state index in [9.17, 15) is 4.79 Å². The van der Waals surface area contributed by atoms with E-state index < -0.39 is 0 Å². The van der Waals surface area contributed by atoms with Crippen molar-refractivity contribution in [2.75, 3.05) is 43.5 Å². The summed E-state index contributed by atoms with van der Waals surface area (Å²) in [4.78, 5) is 20.7. The third-order valence-electron chi connectivity index (χ3n) is 4.78. The lowest BCUT2D eigenvalue weighted by atomic mass is 10.2. The van der Waals surface area contributed by atoms with E-state index in [1.54, 1.807) is 30.3 Å². The highest BCUT2D eigenvalue weighted by atomic mass is 16.5. The lowest BCUT2D eigenvalue weighted by Crippen LogP contribution is -2.49. The summed E-state index contributed by atoms with van der Waals surface area (Å²) in [6.07, 6.45) is 3.10. The smallest absolute Gasteiger partial charge is 0.289 e. The first-order chi connectivity index (χ1) is 14.2. The molecule has 9 heteroatoms. The van der Waals surface area contributed by atoms with Gasteiger partial charge < -0.3 is 24.3 Å². The van der Waals surface area contributed by atoms with Crippen molar-refractivity contribution in [1.82, 2.24) is 20.1 Å². The molecule has 1 aromatic carbocycles. The minimum Gasteiger partial charge on any atom is -0.496 e. The molecule has 3 aromatic rings. The van der Waals surface area contributed by atoms with Crippen molar-refractivity contribution in [1.29, 1.82) is 0 Å². The molecule has 0 atom stereocenters. The molecular weight excluding hydrogens is 372 g/mol. The maximum absolute atomic E-state index is 12.4. The van der Waals surface area contributed by atoms with Crippen LogP contribution in [0.5, 0.6) is 5.75 Å². The second-order valence-electron chi connectivity index (χ2n) is 6.56. The second kappa shape index (κ2) is 8.59. The number of piperazine rings is 1. The number of para-hydroxylation sites is 1. The van der Waals surface area contributed by atoms with Gasteiger partial charge in [0.1, 0.15) is 5.75 Å². The third-order valence-corrected chi connectivity index (χ3v) is 4.78. The van der Waals surface area contributed by atoms with Gasteiger partial charge in [-0.05, 0) is 18.2 Å². The van der Waals surface area contributed by atoms with Crippen LogP contribution >= 0.6 is 0 Å². The van der Waals surface area contributed by atoms with E-state index >= 15 is 0 Å². The van der Waals surface area contributed by atoms with Crippen molar-refractivity contribution in [3.63, 3.8) is 0 Å². The minimum atomic E-state index is -0.0964. The molecule has 2 aromatic heterocycles. The molecule has 3 heterocycles. The number of hydrogen-bond donors (Lipinski definition) is 1. The number of methoxy groups -OCH3 is 1. The van der Waals surface area contributed by atoms with Crippen molar-refractivity contribution >= 4 is 17.7 Å². The van der Waals surface area contributed by atoms with Crippen LogP contribution in [0.3, 0.4) is 0 Å². The minimum absolute atomic E-state index is 0.0964. The summed E-state index contributed by atoms with van der Waals surface area (Å²) < 4.78 is 10.6. The molecule has 1 N–H and O–H groups in total. The molecular formula is C20H22N6O3. The second-order valence-corrected chi connectivity index (χ2v) is 6.56. The highest BCUT2D eigenvalue weighted by Crippen LogP contribution is 2.19. The fraction of sp³-hybridized carbons (Fsp3) is 0.300. The van der Waals surface area contributed by atoms with E-state index in [-0.39, 0.29) is 5.91 Å². The Morgan fingerprint density at radius 2 is 2.00 bits per heavy atom. The number of ether oxygens (including phenoxy) is 1. The van der Waals surface area contributed by atoms with Gasteiger partial charge in [-0.2, -0.15) is 10.1 Å². The monoisotopic (exact) mass is 394 g/mol. The molecule has 0 bridgehead atoms. The first-order valence-electron chi connectivity index (χ1n) is 9.38. The lowest BCUT2D eigenvalue weighted by Gasteiger charge is -2.34. The Labute approximate surface area is 168 Å². The molecule has 9 nitrogen and oxygen atoms in total. The summed E-state index contributed by atoms with van der Waals surface area (Å²) in [5.41, 5.74) is 1.03. The molecule has 0 unspecified atom stereocenters. The average molecular weight is 394 g/mol. The van der Waals surface area contributed by atoms with Crippen LogP contribution in [0.1, 0.15) is 16.1 Å². The fourth-order valence-electron chi connectivity index (χ4n) is 3.21. The molecule has 1 saturated heterocycles. The van der Waals surface area contributed by atoms with Gasteiger partial charge in [0.2, 0.25) is 5.95 Å². The van der Waals surface area contributed by atoms with Crippen LogP contribution < -0.4 is 15.0 Å². The first-order valence-corrected chi connectivity index (χ1v) is 9.38. The van der Waals surface area contributed by atoms with Gasteiger partial charge in [-0.25, -0.2) is 0 Å². The number of furan rings is 1. The van der Waals surface area contributed by atoms with Gasteiger partial charge in [-0.15, -0.1) is 5.10 Å². The van der Waals surface area contributed by atoms with E-state index in [1.165, 1.54) is 6.26 Å². The lowest BCUT2D eigenvalue weighted by molar-refractivity contribution is 0.0714. The maximum Gasteiger partial charge on any atom is 0.289 e. The largest absolute Gasteiger partial charge is 0.496 e. The molecule has 29 heavy (non-hydrogen) atoms. The normalized spacial score (nSPS) is 14.0. The Kier molecular flexibility index (Phi) is 5.55. The maximum atomic E-state index is 12.4. The third kappa shape index (κ3) is 4.29. The van der Waals surface area contributed by atoms with Gasteiger partial charge in [0, 0.05) is 38.3 Å². The zero-order valence-electron chi connectivity index (χ0n) is 16.1. The van der Waals surface area contributed by atoms with Crippen molar-refractivity contribution in [3.05, 3.63) is 60.2 Å². The van der Waals surface area contributed by atoms with E-state index in [1.807, 2.05) is 29.2 Å². The summed E-state index contributed by atoms with van der Waals surface area (Å²) >= 11 is 0. The highest BCUT2D eigenvalue weighted by Gasteiger charge is 2.25. The van der Waals surface area contributed by atoms with Gasteiger partial charge in [0.15, 0.2) is 11.6 Å². The summed E-state index contributed by atoms with van der Waals surface area (Å²) in [7, 11) is 1.65. The number of rotatable bonds is 6. The van der Waals surface area contributed by atoms with Crippen molar-refractivity contribution in [3.8, 4) is 5.75 Å². The van der Waals surface area contributed by atoms with Crippen LogP contribution in [0.4, 0.5) is 11.8 Å². The summed E-state index contributed by atoms with van der Waals surface area (Å²) in [5.74, 6) is 2.26. The number of benzene rings is 1. The standard InChI is InChI=1S/C20H22N6O3/c1-28-16-6-3-2-5-15(16)13-21-18-14-22-24-20(23-18)26-10-8-25(9-11-26)19(27)17-7-4-12-29-17/h2-7,12,14H,8-11,13H2,1H3,(H,21,23,24). The van der Waals surface area contributed by atoms with E-state index in [0.29, 0.717) is 50.3 Å². The summed E-state index contributed by atoms with van der Waals surface area (Å²) in [6, 6.07) is 11.2. The zero-order chi connectivity index (χ0) is 20.1. The number of amides is 1. The van der Waals surface area contributed by atoms with Crippen molar-refractivity contribution < 1.29 is 13.9 Å². The molecule has 0 spiro atoms. The molecule has 0 aliphatic carbocycles. The molecule has 1 aliphatic heterocycles. The molecule has 0 saturated carbocycles. The highest BCUT2D eigenvalue weighted by molar-refractivity contribution is 5.91. The Morgan fingerprint density at radius 1 is 1.17 bits per heavy atom. The topological polar surface area (TPSA) is 96.6 Å². The summed E-state index contributed by atoms with van der Waals surface area (Å²) in [5, 5.41) is 11.5. The fourth-order valence-corrected chi connectivity index (χ4v) is 3.21. The van der Waals surface area contributed by atoms with E-state index in [4.69, 9.17) is 9.15 Å². The van der Waals surface area contributed by atoms with Gasteiger partial charge in [-0.1, -0.05) is 18.2 Å². The van der Waals surface area contributed by atoms with Crippen molar-refractivity contribution in [2.45, 2.75) is 6.54 Å². The molecule has 1 aliphatic rings. The Morgan fingerprint density at radius 3 is 2.76 bits per heavy atom. The Balaban J connectivity index is 1.36. The van der Waals surface area contributed by atoms with Crippen molar-refractivity contribution in [2.24, 2.45) is 0 Å². The molecule has 1 amide bonds. The van der Waals surface area contributed by atoms with Gasteiger partial charge in [0.25, 0.3) is 5.91 Å². The molecule has 0 radical (unpaired) electrons. The quantitative estimate of drug-likeness (QED) is 0.679. The Bertz CT molecular complexity index is 954. The average Bonchev–Trinajstić information content (AvgIpc) is 3.33. The SMILES string of the molecule is COc1ccccc1CNc1cnnc(N2CCN(C(=O)c3ccco3)CC2)n1. The number of anilines is 2. The van der Waals surface area contributed by atoms with Crippen LogP contribution in [-0.2, 0) is 6.54 Å². The van der Waals surface area contributed by atoms with Crippen LogP contribution in [0.2, 0.25) is 0 Å². The van der Waals surface area contributed by atoms with Gasteiger partial charge >= 0.3 is 0 Å². The molecule has 1 fully saturated rings. The number of aromatic nitrogens is 3. The number of hydrogen-bond acceptors (Lipinski definition) is 8. The number of nitrogens with one attached hydrogen (secondary N) is 1. The van der Waals surface area contributed by atoms with Crippen LogP contribution in [-0.4, -0.2) is 59.3 Å². The van der Waals surface area contributed by atoms with Gasteiger partial charge in [-0.3, -0.25) is 4.79 Å². The first kappa shape index (κ1) is 18.7. The number of carbonyl (C=O) groups excluding carboxylic acids is 1. The zero-order valence-corrected chi connectivity index (χ0v) is 16.1. The van der Waals surface area contributed by atoms with Gasteiger partial charge in [0.05, 0.1) is 19.6 Å². The number of nitrogens with zero attached hydrogens (tertiary/aromatic N) is 5. The Hall–Kier alpha value is -3.62. The van der Waals surface area contributed by atoms with Crippen LogP contribution in [0.25, 0.3) is 0 Å². The molecule has 150 valence electrons. The predicted molar refractivity (Wildman–Crippen MR) is 107 cm³/mol. The molecule has 4 rings (SSSR count). The van der Waals surface area contributed by atoms with E-state index in [0.717, 1.165) is 11.3 Å². The predicted octanol–water partition coefficient (Wildman–Crippen LogP) is 2.05. The van der Waals surface area contributed by atoms with Crippen LogP contribution in [0, 0.1) is 0 Å². The summed E-state index contributed by atoms with van der Waals surface area (Å²) in [6.45, 7) is 2.96.